The highest BCUT2D eigenvalue weighted by Crippen LogP contribution is 2.30. The highest BCUT2D eigenvalue weighted by molar-refractivity contribution is 14.0. The molecule has 0 atom stereocenters. The molecule has 3 N–H and O–H groups in total. The maximum atomic E-state index is 12.1. The van der Waals surface area contributed by atoms with Crippen LogP contribution in [0.1, 0.15) is 30.5 Å². The van der Waals surface area contributed by atoms with Gasteiger partial charge in [0, 0.05) is 37.8 Å². The second-order valence-corrected chi connectivity index (χ2v) is 7.18. The molecule has 1 amide bonds. The first-order valence-corrected chi connectivity index (χ1v) is 10.0. The molecule has 1 fully saturated rings. The number of hydrogen-bond acceptors (Lipinski definition) is 4. The summed E-state index contributed by atoms with van der Waals surface area (Å²) in [6.07, 6.45) is 2.85. The normalized spacial score (nSPS) is 13.2. The van der Waals surface area contributed by atoms with E-state index >= 15 is 0 Å². The van der Waals surface area contributed by atoms with Crippen LogP contribution in [0.3, 0.4) is 0 Å². The Hall–Kier alpha value is -2.36. The monoisotopic (exact) mass is 523 g/mol. The Morgan fingerprint density at radius 3 is 2.70 bits per heavy atom. The molecule has 0 radical (unpaired) electrons. The number of halogens is 1. The molecule has 2 aromatic rings. The van der Waals surface area contributed by atoms with Crippen molar-refractivity contribution in [3.05, 3.63) is 53.7 Å². The Morgan fingerprint density at radius 2 is 1.97 bits per heavy atom. The molecule has 1 aromatic carbocycles. The maximum absolute atomic E-state index is 12.1. The topological polar surface area (TPSA) is 87.6 Å². The van der Waals surface area contributed by atoms with Gasteiger partial charge < -0.3 is 20.7 Å². The van der Waals surface area contributed by atoms with Gasteiger partial charge in [0.1, 0.15) is 11.6 Å². The largest absolute Gasteiger partial charge is 0.493 e. The Bertz CT molecular complexity index is 855. The van der Waals surface area contributed by atoms with Gasteiger partial charge in [0.05, 0.1) is 6.61 Å². The third-order valence-electron chi connectivity index (χ3n) is 4.61. The third-order valence-corrected chi connectivity index (χ3v) is 4.61. The van der Waals surface area contributed by atoms with Crippen LogP contribution in [0.2, 0.25) is 0 Å². The minimum atomic E-state index is -0.0927. The fourth-order valence-electron chi connectivity index (χ4n) is 2.79. The lowest BCUT2D eigenvalue weighted by Crippen LogP contribution is -2.38. The van der Waals surface area contributed by atoms with Crippen LogP contribution >= 0.6 is 24.0 Å². The van der Waals surface area contributed by atoms with Gasteiger partial charge in [-0.1, -0.05) is 24.3 Å². The molecule has 3 rings (SSSR count). The summed E-state index contributed by atoms with van der Waals surface area (Å²) < 4.78 is 5.95. The van der Waals surface area contributed by atoms with E-state index in [2.05, 4.69) is 25.9 Å². The number of hydrogen-bond donors (Lipinski definition) is 3. The molecule has 1 saturated carbocycles. The molecule has 0 unspecified atom stereocenters. The summed E-state index contributed by atoms with van der Waals surface area (Å²) in [5, 5.41) is 9.24. The van der Waals surface area contributed by atoms with E-state index in [9.17, 15) is 4.79 Å². The summed E-state index contributed by atoms with van der Waals surface area (Å²) in [6, 6.07) is 13.6. The standard InChI is InChI=1S/C22H29N5O2.HI/c1-16-6-5-9-20(26-16)27-21(28)12-13-24-22(23-2)25-14-18-7-3-4-8-19(18)29-15-17-10-11-17;/h3-9,17H,10-15H2,1-2H3,(H2,23,24,25)(H,26,27,28);1H. The van der Waals surface area contributed by atoms with E-state index in [1.54, 1.807) is 13.1 Å². The first-order chi connectivity index (χ1) is 14.1. The lowest BCUT2D eigenvalue weighted by atomic mass is 10.2. The van der Waals surface area contributed by atoms with Gasteiger partial charge in [0.25, 0.3) is 0 Å². The molecular weight excluding hydrogens is 493 g/mol. The molecule has 30 heavy (non-hydrogen) atoms. The van der Waals surface area contributed by atoms with Crippen LogP contribution in [0.15, 0.2) is 47.5 Å². The lowest BCUT2D eigenvalue weighted by Gasteiger charge is -2.15. The predicted octanol–water partition coefficient (Wildman–Crippen LogP) is 3.49. The smallest absolute Gasteiger partial charge is 0.227 e. The first-order valence-electron chi connectivity index (χ1n) is 10.0. The molecule has 8 heteroatoms. The Balaban J connectivity index is 0.00000320. The number of aliphatic imine (C=N–C) groups is 1. The van der Waals surface area contributed by atoms with Gasteiger partial charge in [-0.2, -0.15) is 0 Å². The van der Waals surface area contributed by atoms with Gasteiger partial charge in [0.15, 0.2) is 5.96 Å². The highest BCUT2D eigenvalue weighted by Gasteiger charge is 2.22. The second kappa shape index (κ2) is 12.4. The number of benzene rings is 1. The molecule has 0 bridgehead atoms. The van der Waals surface area contributed by atoms with E-state index in [1.807, 2.05) is 43.3 Å². The summed E-state index contributed by atoms with van der Waals surface area (Å²) in [5.41, 5.74) is 1.95. The van der Waals surface area contributed by atoms with Crippen LogP contribution in [0.4, 0.5) is 5.82 Å². The van der Waals surface area contributed by atoms with Gasteiger partial charge in [-0.05, 0) is 43.9 Å². The average molecular weight is 523 g/mol. The molecule has 0 saturated heterocycles. The summed E-state index contributed by atoms with van der Waals surface area (Å²) in [6.45, 7) is 3.74. The lowest BCUT2D eigenvalue weighted by molar-refractivity contribution is -0.116. The second-order valence-electron chi connectivity index (χ2n) is 7.18. The number of guanidine groups is 1. The van der Waals surface area contributed by atoms with E-state index in [0.717, 1.165) is 23.6 Å². The van der Waals surface area contributed by atoms with Crippen LogP contribution < -0.4 is 20.7 Å². The van der Waals surface area contributed by atoms with Crippen molar-refractivity contribution in [1.82, 2.24) is 15.6 Å². The number of aryl methyl sites for hydroxylation is 1. The molecule has 7 nitrogen and oxygen atoms in total. The minimum absolute atomic E-state index is 0. The van der Waals surface area contributed by atoms with Crippen LogP contribution in [-0.4, -0.2) is 37.1 Å². The molecular formula is C22H30IN5O2. The van der Waals surface area contributed by atoms with Crippen molar-refractivity contribution in [2.45, 2.75) is 32.7 Å². The van der Waals surface area contributed by atoms with E-state index < -0.39 is 0 Å². The van der Waals surface area contributed by atoms with E-state index in [1.165, 1.54) is 12.8 Å². The van der Waals surface area contributed by atoms with Crippen molar-refractivity contribution in [2.24, 2.45) is 10.9 Å². The number of nitrogens with zero attached hydrogens (tertiary/aromatic N) is 2. The Kier molecular flexibility index (Phi) is 9.85. The molecule has 0 spiro atoms. The number of anilines is 1. The minimum Gasteiger partial charge on any atom is -0.493 e. The number of carbonyl (C=O) groups excluding carboxylic acids is 1. The number of para-hydroxylation sites is 1. The van der Waals surface area contributed by atoms with Gasteiger partial charge in [-0.25, -0.2) is 4.98 Å². The van der Waals surface area contributed by atoms with E-state index in [4.69, 9.17) is 4.74 Å². The number of pyridine rings is 1. The van der Waals surface area contributed by atoms with Gasteiger partial charge in [-0.3, -0.25) is 9.79 Å². The fourth-order valence-corrected chi connectivity index (χ4v) is 2.79. The van der Waals surface area contributed by atoms with Gasteiger partial charge in [0.2, 0.25) is 5.91 Å². The van der Waals surface area contributed by atoms with Crippen LogP contribution in [0.25, 0.3) is 0 Å². The van der Waals surface area contributed by atoms with Gasteiger partial charge >= 0.3 is 0 Å². The highest BCUT2D eigenvalue weighted by atomic mass is 127. The van der Waals surface area contributed by atoms with Crippen molar-refractivity contribution < 1.29 is 9.53 Å². The van der Waals surface area contributed by atoms with Crippen LogP contribution in [-0.2, 0) is 11.3 Å². The number of aromatic nitrogens is 1. The number of amides is 1. The van der Waals surface area contributed by atoms with Crippen molar-refractivity contribution in [3.63, 3.8) is 0 Å². The molecule has 1 aliphatic carbocycles. The first kappa shape index (κ1) is 23.9. The number of carbonyl (C=O) groups is 1. The third kappa shape index (κ3) is 8.17. The number of nitrogens with one attached hydrogen (secondary N) is 3. The van der Waals surface area contributed by atoms with Crippen molar-refractivity contribution in [1.29, 1.82) is 0 Å². The predicted molar refractivity (Wildman–Crippen MR) is 130 cm³/mol. The van der Waals surface area contributed by atoms with Crippen molar-refractivity contribution in [3.8, 4) is 5.75 Å². The summed E-state index contributed by atoms with van der Waals surface area (Å²) in [4.78, 5) is 20.6. The van der Waals surface area contributed by atoms with E-state index in [0.29, 0.717) is 37.2 Å². The summed E-state index contributed by atoms with van der Waals surface area (Å²) >= 11 is 0. The van der Waals surface area contributed by atoms with Crippen molar-refractivity contribution in [2.75, 3.05) is 25.5 Å². The fraction of sp³-hybridized carbons (Fsp3) is 0.409. The maximum Gasteiger partial charge on any atom is 0.227 e. The van der Waals surface area contributed by atoms with Gasteiger partial charge in [-0.15, -0.1) is 24.0 Å². The molecule has 0 aliphatic heterocycles. The zero-order valence-corrected chi connectivity index (χ0v) is 19.8. The van der Waals surface area contributed by atoms with Crippen LogP contribution in [0, 0.1) is 12.8 Å². The summed E-state index contributed by atoms with van der Waals surface area (Å²) in [5.74, 6) is 2.74. The quantitative estimate of drug-likeness (QED) is 0.266. The summed E-state index contributed by atoms with van der Waals surface area (Å²) in [7, 11) is 1.71. The zero-order valence-electron chi connectivity index (χ0n) is 17.5. The average Bonchev–Trinajstić information content (AvgIpc) is 3.54. The van der Waals surface area contributed by atoms with Crippen LogP contribution in [0.5, 0.6) is 5.75 Å². The van der Waals surface area contributed by atoms with E-state index in [-0.39, 0.29) is 29.9 Å². The molecule has 162 valence electrons. The Morgan fingerprint density at radius 1 is 1.17 bits per heavy atom. The number of rotatable bonds is 9. The number of ether oxygens (including phenoxy) is 1. The van der Waals surface area contributed by atoms with Crippen molar-refractivity contribution >= 4 is 41.7 Å². The zero-order chi connectivity index (χ0) is 20.5. The molecule has 1 aromatic heterocycles. The SMILES string of the molecule is CN=C(NCCC(=O)Nc1cccc(C)n1)NCc1ccccc1OCC1CC1.I. The Labute approximate surface area is 195 Å². The molecule has 1 aliphatic rings. The molecule has 1 heterocycles.